The average Bonchev–Trinajstić information content (AvgIpc) is 2.30. The van der Waals surface area contributed by atoms with Crippen LogP contribution >= 0.6 is 15.9 Å². The van der Waals surface area contributed by atoms with Crippen LogP contribution in [0.25, 0.3) is 0 Å². The molecular weight excluding hydrogens is 310 g/mol. The molecule has 0 saturated carbocycles. The maximum absolute atomic E-state index is 12.0. The zero-order chi connectivity index (χ0) is 14.0. The van der Waals surface area contributed by atoms with E-state index in [1.165, 1.54) is 18.2 Å². The van der Waals surface area contributed by atoms with Gasteiger partial charge in [0.1, 0.15) is 11.5 Å². The number of aryl methyl sites for hydroxylation is 1. The Morgan fingerprint density at radius 2 is 1.89 bits per heavy atom. The fourth-order valence-corrected chi connectivity index (χ4v) is 2.32. The summed E-state index contributed by atoms with van der Waals surface area (Å²) >= 11 is 3.34. The molecule has 19 heavy (non-hydrogen) atoms. The number of carbonyl (C=O) groups excluding carboxylic acids is 1. The molecule has 0 unspecified atom stereocenters. The van der Waals surface area contributed by atoms with Crippen molar-refractivity contribution in [3.8, 4) is 11.5 Å². The molecule has 2 aromatic carbocycles. The van der Waals surface area contributed by atoms with Crippen LogP contribution in [0.2, 0.25) is 0 Å². The zero-order valence-corrected chi connectivity index (χ0v) is 11.7. The number of aromatic hydroxyl groups is 2. The van der Waals surface area contributed by atoms with Gasteiger partial charge in [0.05, 0.1) is 5.56 Å². The first-order valence-corrected chi connectivity index (χ1v) is 6.35. The summed E-state index contributed by atoms with van der Waals surface area (Å²) in [5.41, 5.74) is 1.63. The normalized spacial score (nSPS) is 10.2. The van der Waals surface area contributed by atoms with Crippen molar-refractivity contribution in [3.63, 3.8) is 0 Å². The maximum atomic E-state index is 12.0. The molecule has 0 aliphatic rings. The van der Waals surface area contributed by atoms with Crippen LogP contribution in [0.3, 0.4) is 0 Å². The van der Waals surface area contributed by atoms with Crippen LogP contribution in [0.1, 0.15) is 15.9 Å². The van der Waals surface area contributed by atoms with Crippen molar-refractivity contribution >= 4 is 27.5 Å². The second kappa shape index (κ2) is 5.32. The molecule has 0 spiro atoms. The maximum Gasteiger partial charge on any atom is 0.259 e. The van der Waals surface area contributed by atoms with Gasteiger partial charge in [0.25, 0.3) is 5.91 Å². The lowest BCUT2D eigenvalue weighted by Crippen LogP contribution is -2.12. The quantitative estimate of drug-likeness (QED) is 0.742. The molecule has 0 heterocycles. The van der Waals surface area contributed by atoms with Gasteiger partial charge >= 0.3 is 0 Å². The number of rotatable bonds is 2. The molecule has 0 fully saturated rings. The molecule has 98 valence electrons. The Morgan fingerprint density at radius 1 is 1.16 bits per heavy atom. The number of anilines is 1. The summed E-state index contributed by atoms with van der Waals surface area (Å²) in [6, 6.07) is 9.29. The Bertz CT molecular complexity index is 620. The largest absolute Gasteiger partial charge is 0.508 e. The third-order valence-electron chi connectivity index (χ3n) is 2.52. The van der Waals surface area contributed by atoms with E-state index in [-0.39, 0.29) is 17.1 Å². The summed E-state index contributed by atoms with van der Waals surface area (Å²) in [6.07, 6.45) is 0. The summed E-state index contributed by atoms with van der Waals surface area (Å²) in [5, 5.41) is 21.6. The van der Waals surface area contributed by atoms with E-state index in [1.807, 2.05) is 19.1 Å². The molecule has 2 aromatic rings. The monoisotopic (exact) mass is 321 g/mol. The number of phenolic OH excluding ortho intramolecular Hbond substituents is 2. The van der Waals surface area contributed by atoms with Crippen LogP contribution in [0.4, 0.5) is 5.69 Å². The molecule has 3 N–H and O–H groups in total. The summed E-state index contributed by atoms with van der Waals surface area (Å²) in [4.78, 5) is 12.0. The molecule has 4 nitrogen and oxygen atoms in total. The highest BCUT2D eigenvalue weighted by atomic mass is 79.9. The highest BCUT2D eigenvalue weighted by Crippen LogP contribution is 2.24. The van der Waals surface area contributed by atoms with E-state index in [4.69, 9.17) is 0 Å². The minimum absolute atomic E-state index is 0.0256. The highest BCUT2D eigenvalue weighted by molar-refractivity contribution is 9.10. The average molecular weight is 322 g/mol. The van der Waals surface area contributed by atoms with Gasteiger partial charge in [-0.3, -0.25) is 4.79 Å². The third kappa shape index (κ3) is 3.26. The van der Waals surface area contributed by atoms with Crippen LogP contribution in [0.15, 0.2) is 40.9 Å². The summed E-state index contributed by atoms with van der Waals surface area (Å²) in [7, 11) is 0. The Kier molecular flexibility index (Phi) is 3.76. The van der Waals surface area contributed by atoms with Gasteiger partial charge in [0, 0.05) is 10.2 Å². The molecule has 0 aliphatic heterocycles. The Morgan fingerprint density at radius 3 is 2.58 bits per heavy atom. The summed E-state index contributed by atoms with van der Waals surface area (Å²) in [5.74, 6) is -0.735. The van der Waals surface area contributed by atoms with Crippen LogP contribution in [0, 0.1) is 6.92 Å². The molecule has 2 rings (SSSR count). The standard InChI is InChI=1S/C14H12BrNO3/c1-8-4-9(15)6-10(5-8)16-14(19)12-7-11(17)2-3-13(12)18/h2-7,17-18H,1H3,(H,16,19). The van der Waals surface area contributed by atoms with E-state index >= 15 is 0 Å². The number of hydrogen-bond donors (Lipinski definition) is 3. The Labute approximate surface area is 118 Å². The number of nitrogens with one attached hydrogen (secondary N) is 1. The van der Waals surface area contributed by atoms with Crippen LogP contribution < -0.4 is 5.32 Å². The first kappa shape index (κ1) is 13.4. The lowest BCUT2D eigenvalue weighted by Gasteiger charge is -2.08. The predicted molar refractivity (Wildman–Crippen MR) is 76.6 cm³/mol. The lowest BCUT2D eigenvalue weighted by molar-refractivity contribution is 0.102. The third-order valence-corrected chi connectivity index (χ3v) is 2.98. The first-order chi connectivity index (χ1) is 8.95. The van der Waals surface area contributed by atoms with E-state index in [9.17, 15) is 15.0 Å². The van der Waals surface area contributed by atoms with Gasteiger partial charge in [0.15, 0.2) is 0 Å². The van der Waals surface area contributed by atoms with Crippen LogP contribution in [0.5, 0.6) is 11.5 Å². The van der Waals surface area contributed by atoms with Gasteiger partial charge in [-0.15, -0.1) is 0 Å². The van der Waals surface area contributed by atoms with Gasteiger partial charge in [0.2, 0.25) is 0 Å². The van der Waals surface area contributed by atoms with Crippen molar-refractivity contribution in [2.45, 2.75) is 6.92 Å². The smallest absolute Gasteiger partial charge is 0.259 e. The van der Waals surface area contributed by atoms with Gasteiger partial charge in [-0.25, -0.2) is 0 Å². The molecule has 0 aliphatic carbocycles. The minimum atomic E-state index is -0.481. The van der Waals surface area contributed by atoms with Crippen molar-refractivity contribution in [2.75, 3.05) is 5.32 Å². The molecule has 5 heteroatoms. The van der Waals surface area contributed by atoms with E-state index in [2.05, 4.69) is 21.2 Å². The Balaban J connectivity index is 2.28. The Hall–Kier alpha value is -2.01. The number of phenols is 2. The van der Waals surface area contributed by atoms with Gasteiger partial charge in [-0.1, -0.05) is 15.9 Å². The van der Waals surface area contributed by atoms with E-state index in [1.54, 1.807) is 6.07 Å². The molecule has 0 saturated heterocycles. The fraction of sp³-hybridized carbons (Fsp3) is 0.0714. The van der Waals surface area contributed by atoms with Gasteiger partial charge in [-0.2, -0.15) is 0 Å². The molecular formula is C14H12BrNO3. The molecule has 0 aromatic heterocycles. The number of hydrogen-bond acceptors (Lipinski definition) is 3. The first-order valence-electron chi connectivity index (χ1n) is 5.56. The fourth-order valence-electron chi connectivity index (χ4n) is 1.71. The zero-order valence-electron chi connectivity index (χ0n) is 10.1. The van der Waals surface area contributed by atoms with E-state index in [0.29, 0.717) is 5.69 Å². The highest BCUT2D eigenvalue weighted by Gasteiger charge is 2.12. The van der Waals surface area contributed by atoms with Crippen molar-refractivity contribution in [1.82, 2.24) is 0 Å². The van der Waals surface area contributed by atoms with Crippen molar-refractivity contribution < 1.29 is 15.0 Å². The predicted octanol–water partition coefficient (Wildman–Crippen LogP) is 3.42. The topological polar surface area (TPSA) is 69.6 Å². The second-order valence-corrected chi connectivity index (χ2v) is 5.09. The number of amides is 1. The van der Waals surface area contributed by atoms with Crippen molar-refractivity contribution in [3.05, 3.63) is 52.0 Å². The van der Waals surface area contributed by atoms with Crippen molar-refractivity contribution in [1.29, 1.82) is 0 Å². The van der Waals surface area contributed by atoms with Gasteiger partial charge < -0.3 is 15.5 Å². The van der Waals surface area contributed by atoms with Crippen LogP contribution in [-0.2, 0) is 0 Å². The molecule has 0 bridgehead atoms. The molecule has 1 amide bonds. The molecule has 0 radical (unpaired) electrons. The van der Waals surface area contributed by atoms with Gasteiger partial charge in [-0.05, 0) is 48.9 Å². The number of benzene rings is 2. The SMILES string of the molecule is Cc1cc(Br)cc(NC(=O)c2cc(O)ccc2O)c1. The number of halogens is 1. The molecule has 0 atom stereocenters. The lowest BCUT2D eigenvalue weighted by atomic mass is 10.1. The minimum Gasteiger partial charge on any atom is -0.508 e. The van der Waals surface area contributed by atoms with E-state index in [0.717, 1.165) is 10.0 Å². The summed E-state index contributed by atoms with van der Waals surface area (Å²) < 4.78 is 0.850. The number of carbonyl (C=O) groups is 1. The van der Waals surface area contributed by atoms with Crippen LogP contribution in [-0.4, -0.2) is 16.1 Å². The second-order valence-electron chi connectivity index (χ2n) is 4.17. The van der Waals surface area contributed by atoms with Crippen molar-refractivity contribution in [2.24, 2.45) is 0 Å². The van der Waals surface area contributed by atoms with E-state index < -0.39 is 5.91 Å². The summed E-state index contributed by atoms with van der Waals surface area (Å²) in [6.45, 7) is 1.91.